The van der Waals surface area contributed by atoms with Crippen LogP contribution in [0, 0.1) is 11.8 Å². The lowest BCUT2D eigenvalue weighted by Gasteiger charge is -2.15. The van der Waals surface area contributed by atoms with Crippen molar-refractivity contribution in [2.45, 2.75) is 20.3 Å². The molecule has 1 heterocycles. The van der Waals surface area contributed by atoms with Crippen molar-refractivity contribution >= 4 is 7.98 Å². The number of hydrogen-bond donors (Lipinski definition) is 0. The van der Waals surface area contributed by atoms with Crippen LogP contribution in [0.2, 0.25) is 0 Å². The summed E-state index contributed by atoms with van der Waals surface area (Å²) in [4.78, 5) is 1.91. The Bertz CT molecular complexity index is 156. The molecule has 1 aliphatic rings. The highest BCUT2D eigenvalue weighted by Gasteiger charge is 2.28. The molecule has 2 unspecified atom stereocenters. The Labute approximate surface area is 70.9 Å². The van der Waals surface area contributed by atoms with Crippen LogP contribution in [-0.4, -0.2) is 25.9 Å². The van der Waals surface area contributed by atoms with E-state index in [0.717, 1.165) is 19.0 Å². The maximum absolute atomic E-state index is 5.72. The molecule has 0 aromatic rings. The van der Waals surface area contributed by atoms with E-state index in [-0.39, 0.29) is 0 Å². The molecule has 0 amide bonds. The Balaban J connectivity index is 2.57. The zero-order chi connectivity index (χ0) is 8.43. The zero-order valence-corrected chi connectivity index (χ0v) is 7.51. The highest BCUT2D eigenvalue weighted by Crippen LogP contribution is 2.29. The standard InChI is InChI=1S/C9H16BN/c1-4-8-5-11(10)6-9(8)7(2)3/h8-9H,2,4-6H2,1,3H3. The highest BCUT2D eigenvalue weighted by molar-refractivity contribution is 6.04. The minimum absolute atomic E-state index is 0.630. The SMILES string of the molecule is [B]N1CC(CC)C(C(=C)C)C1. The molecule has 2 radical (unpaired) electrons. The Hall–Kier alpha value is -0.235. The van der Waals surface area contributed by atoms with Gasteiger partial charge >= 0.3 is 0 Å². The van der Waals surface area contributed by atoms with Gasteiger partial charge in [-0.05, 0) is 31.8 Å². The molecule has 0 N–H and O–H groups in total. The van der Waals surface area contributed by atoms with E-state index in [0.29, 0.717) is 5.92 Å². The summed E-state index contributed by atoms with van der Waals surface area (Å²) in [7, 11) is 5.72. The van der Waals surface area contributed by atoms with Gasteiger partial charge < -0.3 is 4.81 Å². The Morgan fingerprint density at radius 2 is 2.27 bits per heavy atom. The average molecular weight is 149 g/mol. The van der Waals surface area contributed by atoms with Crippen molar-refractivity contribution in [3.05, 3.63) is 12.2 Å². The Morgan fingerprint density at radius 3 is 2.64 bits per heavy atom. The quantitative estimate of drug-likeness (QED) is 0.425. The van der Waals surface area contributed by atoms with Crippen LogP contribution in [0.15, 0.2) is 12.2 Å². The van der Waals surface area contributed by atoms with Gasteiger partial charge in [-0.25, -0.2) is 0 Å². The summed E-state index contributed by atoms with van der Waals surface area (Å²) in [5.41, 5.74) is 1.28. The first-order chi connectivity index (χ1) is 5.15. The molecule has 0 aromatic heterocycles. The van der Waals surface area contributed by atoms with Gasteiger partial charge in [0.2, 0.25) is 0 Å². The second kappa shape index (κ2) is 3.44. The topological polar surface area (TPSA) is 3.24 Å². The van der Waals surface area contributed by atoms with Gasteiger partial charge in [0.05, 0.1) is 0 Å². The van der Waals surface area contributed by atoms with E-state index in [2.05, 4.69) is 20.4 Å². The van der Waals surface area contributed by atoms with Crippen molar-refractivity contribution in [2.24, 2.45) is 11.8 Å². The van der Waals surface area contributed by atoms with Gasteiger partial charge in [-0.1, -0.05) is 25.5 Å². The summed E-state index contributed by atoms with van der Waals surface area (Å²) in [5.74, 6) is 1.36. The molecule has 1 nitrogen and oxygen atoms in total. The summed E-state index contributed by atoms with van der Waals surface area (Å²) in [6, 6.07) is 0. The van der Waals surface area contributed by atoms with E-state index in [1.807, 2.05) is 4.81 Å². The fraction of sp³-hybridized carbons (Fsp3) is 0.778. The molecular formula is C9H16BN. The number of rotatable bonds is 2. The third-order valence-corrected chi connectivity index (χ3v) is 2.63. The fourth-order valence-electron chi connectivity index (χ4n) is 1.88. The van der Waals surface area contributed by atoms with Crippen LogP contribution in [-0.2, 0) is 0 Å². The molecule has 60 valence electrons. The van der Waals surface area contributed by atoms with E-state index >= 15 is 0 Å². The Kier molecular flexibility index (Phi) is 2.77. The monoisotopic (exact) mass is 149 g/mol. The first-order valence-corrected chi connectivity index (χ1v) is 4.30. The van der Waals surface area contributed by atoms with E-state index in [4.69, 9.17) is 7.98 Å². The summed E-state index contributed by atoms with van der Waals surface area (Å²) < 4.78 is 0. The van der Waals surface area contributed by atoms with Crippen LogP contribution in [0.3, 0.4) is 0 Å². The fourth-order valence-corrected chi connectivity index (χ4v) is 1.88. The van der Waals surface area contributed by atoms with Gasteiger partial charge in [0.25, 0.3) is 0 Å². The van der Waals surface area contributed by atoms with Crippen molar-refractivity contribution < 1.29 is 0 Å². The lowest BCUT2D eigenvalue weighted by Crippen LogP contribution is -2.16. The average Bonchev–Trinajstić information content (AvgIpc) is 2.30. The van der Waals surface area contributed by atoms with Crippen molar-refractivity contribution in [2.75, 3.05) is 13.1 Å². The summed E-state index contributed by atoms with van der Waals surface area (Å²) in [6.45, 7) is 10.3. The van der Waals surface area contributed by atoms with Gasteiger partial charge in [-0.15, -0.1) is 0 Å². The van der Waals surface area contributed by atoms with Gasteiger partial charge in [-0.3, -0.25) is 0 Å². The molecule has 0 bridgehead atoms. The van der Waals surface area contributed by atoms with Gasteiger partial charge in [0.15, 0.2) is 7.98 Å². The molecule has 1 fully saturated rings. The van der Waals surface area contributed by atoms with E-state index in [9.17, 15) is 0 Å². The molecule has 2 heteroatoms. The van der Waals surface area contributed by atoms with Crippen LogP contribution < -0.4 is 0 Å². The normalized spacial score (nSPS) is 32.5. The van der Waals surface area contributed by atoms with Crippen LogP contribution in [0.25, 0.3) is 0 Å². The van der Waals surface area contributed by atoms with E-state index < -0.39 is 0 Å². The molecule has 0 spiro atoms. The number of hydrogen-bond acceptors (Lipinski definition) is 1. The number of nitrogens with zero attached hydrogens (tertiary/aromatic N) is 1. The minimum Gasteiger partial charge on any atom is -0.353 e. The highest BCUT2D eigenvalue weighted by atomic mass is 15.1. The molecule has 11 heavy (non-hydrogen) atoms. The van der Waals surface area contributed by atoms with Gasteiger partial charge in [0.1, 0.15) is 0 Å². The van der Waals surface area contributed by atoms with Crippen LogP contribution in [0.4, 0.5) is 0 Å². The van der Waals surface area contributed by atoms with Crippen LogP contribution >= 0.6 is 0 Å². The third-order valence-electron chi connectivity index (χ3n) is 2.63. The van der Waals surface area contributed by atoms with Crippen molar-refractivity contribution in [3.63, 3.8) is 0 Å². The molecule has 0 aromatic carbocycles. The second-order valence-corrected chi connectivity index (χ2v) is 3.58. The van der Waals surface area contributed by atoms with Crippen molar-refractivity contribution in [1.82, 2.24) is 4.81 Å². The largest absolute Gasteiger partial charge is 0.353 e. The predicted molar refractivity (Wildman–Crippen MR) is 49.4 cm³/mol. The first-order valence-electron chi connectivity index (χ1n) is 4.30. The van der Waals surface area contributed by atoms with E-state index in [1.165, 1.54) is 12.0 Å². The van der Waals surface area contributed by atoms with Gasteiger partial charge in [0, 0.05) is 0 Å². The molecule has 0 saturated carbocycles. The predicted octanol–water partition coefficient (Wildman–Crippen LogP) is 1.60. The van der Waals surface area contributed by atoms with Gasteiger partial charge in [-0.2, -0.15) is 0 Å². The zero-order valence-electron chi connectivity index (χ0n) is 7.51. The molecule has 2 atom stereocenters. The van der Waals surface area contributed by atoms with Crippen molar-refractivity contribution in [3.8, 4) is 0 Å². The maximum atomic E-state index is 5.72. The first kappa shape index (κ1) is 8.86. The molecule has 1 rings (SSSR count). The molecule has 1 aliphatic heterocycles. The summed E-state index contributed by atoms with van der Waals surface area (Å²) in [6.07, 6.45) is 1.21. The molecule has 0 aliphatic carbocycles. The minimum atomic E-state index is 0.630. The Morgan fingerprint density at radius 1 is 1.64 bits per heavy atom. The molecular weight excluding hydrogens is 133 g/mol. The summed E-state index contributed by atoms with van der Waals surface area (Å²) in [5, 5.41) is 0. The molecule has 1 saturated heterocycles. The van der Waals surface area contributed by atoms with Crippen LogP contribution in [0.5, 0.6) is 0 Å². The van der Waals surface area contributed by atoms with Crippen LogP contribution in [0.1, 0.15) is 20.3 Å². The second-order valence-electron chi connectivity index (χ2n) is 3.58. The van der Waals surface area contributed by atoms with Crippen molar-refractivity contribution in [1.29, 1.82) is 0 Å². The third kappa shape index (κ3) is 1.87. The lowest BCUT2D eigenvalue weighted by molar-refractivity contribution is 0.456. The maximum Gasteiger partial charge on any atom is 0.182 e. The lowest BCUT2D eigenvalue weighted by atomic mass is 9.89. The summed E-state index contributed by atoms with van der Waals surface area (Å²) >= 11 is 0. The van der Waals surface area contributed by atoms with E-state index in [1.54, 1.807) is 0 Å². The smallest absolute Gasteiger partial charge is 0.182 e.